The first-order valence-corrected chi connectivity index (χ1v) is 8.18. The SMILES string of the molecule is NC(C(=O)Nc1ccccc1)(C(=O)Nc1ccccc1)c1ccccc1. The van der Waals surface area contributed by atoms with Crippen molar-refractivity contribution in [3.8, 4) is 0 Å². The molecule has 130 valence electrons. The number of benzene rings is 3. The van der Waals surface area contributed by atoms with E-state index in [-0.39, 0.29) is 0 Å². The van der Waals surface area contributed by atoms with Crippen LogP contribution in [0.3, 0.4) is 0 Å². The van der Waals surface area contributed by atoms with Crippen molar-refractivity contribution in [1.29, 1.82) is 0 Å². The maximum absolute atomic E-state index is 13.0. The molecule has 0 bridgehead atoms. The van der Waals surface area contributed by atoms with Crippen LogP contribution in [0, 0.1) is 0 Å². The molecular weight excluding hydrogens is 326 g/mol. The Morgan fingerprint density at radius 1 is 0.615 bits per heavy atom. The van der Waals surface area contributed by atoms with Crippen LogP contribution in [-0.2, 0) is 15.1 Å². The molecule has 3 rings (SSSR count). The molecule has 0 atom stereocenters. The zero-order valence-corrected chi connectivity index (χ0v) is 14.1. The third kappa shape index (κ3) is 3.63. The first kappa shape index (κ1) is 17.4. The molecule has 0 aliphatic rings. The second-order valence-corrected chi connectivity index (χ2v) is 5.81. The zero-order chi connectivity index (χ0) is 18.4. The molecule has 0 saturated heterocycles. The van der Waals surface area contributed by atoms with E-state index in [1.807, 2.05) is 12.1 Å². The fourth-order valence-electron chi connectivity index (χ4n) is 2.57. The molecule has 0 radical (unpaired) electrons. The molecule has 2 amide bonds. The van der Waals surface area contributed by atoms with E-state index < -0.39 is 17.4 Å². The first-order valence-electron chi connectivity index (χ1n) is 8.18. The number of nitrogens with two attached hydrogens (primary N) is 1. The molecule has 3 aromatic rings. The number of carbonyl (C=O) groups is 2. The molecule has 26 heavy (non-hydrogen) atoms. The molecule has 0 saturated carbocycles. The molecule has 5 heteroatoms. The van der Waals surface area contributed by atoms with E-state index in [0.717, 1.165) is 0 Å². The van der Waals surface area contributed by atoms with Crippen LogP contribution in [0.25, 0.3) is 0 Å². The lowest BCUT2D eigenvalue weighted by Gasteiger charge is -2.27. The lowest BCUT2D eigenvalue weighted by molar-refractivity contribution is -0.131. The van der Waals surface area contributed by atoms with Gasteiger partial charge in [0.05, 0.1) is 0 Å². The topological polar surface area (TPSA) is 84.2 Å². The largest absolute Gasteiger partial charge is 0.324 e. The van der Waals surface area contributed by atoms with Gasteiger partial charge in [-0.2, -0.15) is 0 Å². The summed E-state index contributed by atoms with van der Waals surface area (Å²) in [6, 6.07) is 26.4. The Labute approximate surface area is 151 Å². The first-order chi connectivity index (χ1) is 12.6. The molecule has 3 aromatic carbocycles. The van der Waals surface area contributed by atoms with Crippen LogP contribution in [0.5, 0.6) is 0 Å². The quantitative estimate of drug-likeness (QED) is 0.621. The lowest BCUT2D eigenvalue weighted by atomic mass is 9.88. The maximum Gasteiger partial charge on any atom is 0.258 e. The van der Waals surface area contributed by atoms with E-state index in [4.69, 9.17) is 5.73 Å². The molecule has 0 aliphatic heterocycles. The smallest absolute Gasteiger partial charge is 0.258 e. The zero-order valence-electron chi connectivity index (χ0n) is 14.1. The van der Waals surface area contributed by atoms with Crippen molar-refractivity contribution >= 4 is 23.2 Å². The molecular formula is C21H19N3O2. The Kier molecular flexibility index (Phi) is 5.10. The molecule has 0 unspecified atom stereocenters. The standard InChI is InChI=1S/C21H19N3O2/c22-21(16-10-4-1-5-11-16,19(25)23-17-12-6-2-7-13-17)20(26)24-18-14-8-3-9-15-18/h1-15H,22H2,(H,23,25)(H,24,26). The van der Waals surface area contributed by atoms with E-state index >= 15 is 0 Å². The van der Waals surface area contributed by atoms with E-state index in [1.165, 1.54) is 0 Å². The number of para-hydroxylation sites is 2. The second kappa shape index (κ2) is 7.63. The van der Waals surface area contributed by atoms with E-state index in [9.17, 15) is 9.59 Å². The van der Waals surface area contributed by atoms with Crippen LogP contribution in [0.4, 0.5) is 11.4 Å². The summed E-state index contributed by atoms with van der Waals surface area (Å²) < 4.78 is 0. The van der Waals surface area contributed by atoms with Crippen molar-refractivity contribution in [2.75, 3.05) is 10.6 Å². The van der Waals surface area contributed by atoms with E-state index in [2.05, 4.69) is 10.6 Å². The fourth-order valence-corrected chi connectivity index (χ4v) is 2.57. The Morgan fingerprint density at radius 3 is 1.35 bits per heavy atom. The highest BCUT2D eigenvalue weighted by Crippen LogP contribution is 2.23. The summed E-state index contributed by atoms with van der Waals surface area (Å²) in [5.41, 5.74) is 6.03. The van der Waals surface area contributed by atoms with Crippen molar-refractivity contribution in [3.63, 3.8) is 0 Å². The maximum atomic E-state index is 13.0. The molecule has 0 fully saturated rings. The lowest BCUT2D eigenvalue weighted by Crippen LogP contribution is -2.56. The second-order valence-electron chi connectivity index (χ2n) is 5.81. The van der Waals surface area contributed by atoms with Gasteiger partial charge in [-0.25, -0.2) is 0 Å². The minimum absolute atomic E-state index is 0.405. The predicted molar refractivity (Wildman–Crippen MR) is 102 cm³/mol. The Balaban J connectivity index is 1.94. The van der Waals surface area contributed by atoms with Crippen LogP contribution in [0.1, 0.15) is 5.56 Å². The summed E-state index contributed by atoms with van der Waals surface area (Å²) >= 11 is 0. The van der Waals surface area contributed by atoms with Crippen molar-refractivity contribution in [2.45, 2.75) is 5.54 Å². The summed E-state index contributed by atoms with van der Waals surface area (Å²) in [6.45, 7) is 0. The minimum Gasteiger partial charge on any atom is -0.324 e. The number of hydrogen-bond donors (Lipinski definition) is 3. The van der Waals surface area contributed by atoms with Gasteiger partial charge in [-0.05, 0) is 29.8 Å². The minimum atomic E-state index is -1.88. The van der Waals surface area contributed by atoms with Gasteiger partial charge in [0.25, 0.3) is 11.8 Å². The predicted octanol–water partition coefficient (Wildman–Crippen LogP) is 3.12. The molecule has 5 nitrogen and oxygen atoms in total. The van der Waals surface area contributed by atoms with Gasteiger partial charge >= 0.3 is 0 Å². The average Bonchev–Trinajstić information content (AvgIpc) is 2.69. The van der Waals surface area contributed by atoms with Gasteiger partial charge < -0.3 is 16.4 Å². The van der Waals surface area contributed by atoms with Crippen molar-refractivity contribution in [2.24, 2.45) is 5.73 Å². The van der Waals surface area contributed by atoms with Gasteiger partial charge in [-0.3, -0.25) is 9.59 Å². The molecule has 0 aromatic heterocycles. The Morgan fingerprint density at radius 2 is 0.962 bits per heavy atom. The summed E-state index contributed by atoms with van der Waals surface area (Å²) in [6.07, 6.45) is 0. The van der Waals surface area contributed by atoms with Crippen LogP contribution in [-0.4, -0.2) is 11.8 Å². The van der Waals surface area contributed by atoms with Crippen LogP contribution >= 0.6 is 0 Å². The molecule has 0 aliphatic carbocycles. The third-order valence-corrected chi connectivity index (χ3v) is 4.01. The van der Waals surface area contributed by atoms with Crippen LogP contribution in [0.15, 0.2) is 91.0 Å². The Bertz CT molecular complexity index is 827. The Hall–Kier alpha value is -3.44. The number of nitrogens with one attached hydrogen (secondary N) is 2. The van der Waals surface area contributed by atoms with Crippen molar-refractivity contribution in [1.82, 2.24) is 0 Å². The van der Waals surface area contributed by atoms with Gasteiger partial charge in [0.15, 0.2) is 0 Å². The number of amides is 2. The van der Waals surface area contributed by atoms with Gasteiger partial charge in [0, 0.05) is 11.4 Å². The van der Waals surface area contributed by atoms with E-state index in [0.29, 0.717) is 16.9 Å². The van der Waals surface area contributed by atoms with Crippen LogP contribution in [0.2, 0.25) is 0 Å². The summed E-state index contributed by atoms with van der Waals surface area (Å²) in [5, 5.41) is 5.45. The van der Waals surface area contributed by atoms with Gasteiger partial charge in [0.2, 0.25) is 5.54 Å². The fraction of sp³-hybridized carbons (Fsp3) is 0.0476. The third-order valence-electron chi connectivity index (χ3n) is 4.01. The molecule has 0 spiro atoms. The normalized spacial score (nSPS) is 10.8. The van der Waals surface area contributed by atoms with Crippen molar-refractivity contribution < 1.29 is 9.59 Å². The number of rotatable bonds is 5. The highest BCUT2D eigenvalue weighted by molar-refractivity contribution is 6.18. The summed E-state index contributed by atoms with van der Waals surface area (Å²) in [4.78, 5) is 25.9. The van der Waals surface area contributed by atoms with Crippen LogP contribution < -0.4 is 16.4 Å². The highest BCUT2D eigenvalue weighted by Gasteiger charge is 2.44. The number of anilines is 2. The van der Waals surface area contributed by atoms with E-state index in [1.54, 1.807) is 78.9 Å². The summed E-state index contributed by atoms with van der Waals surface area (Å²) in [5.74, 6) is -1.22. The van der Waals surface area contributed by atoms with Crippen molar-refractivity contribution in [3.05, 3.63) is 96.6 Å². The average molecular weight is 345 g/mol. The number of carbonyl (C=O) groups excluding carboxylic acids is 2. The monoisotopic (exact) mass is 345 g/mol. The van der Waals surface area contributed by atoms with Gasteiger partial charge in [-0.15, -0.1) is 0 Å². The molecule has 4 N–H and O–H groups in total. The number of hydrogen-bond acceptors (Lipinski definition) is 3. The van der Waals surface area contributed by atoms with Gasteiger partial charge in [-0.1, -0.05) is 66.7 Å². The highest BCUT2D eigenvalue weighted by atomic mass is 16.2. The summed E-state index contributed by atoms with van der Waals surface area (Å²) in [7, 11) is 0. The van der Waals surface area contributed by atoms with Gasteiger partial charge in [0.1, 0.15) is 0 Å². The molecule has 0 heterocycles.